The molecule has 0 radical (unpaired) electrons. The van der Waals surface area contributed by atoms with Gasteiger partial charge in [-0.15, -0.1) is 0 Å². The van der Waals surface area contributed by atoms with Crippen molar-refractivity contribution >= 4 is 15.9 Å². The lowest BCUT2D eigenvalue weighted by Crippen LogP contribution is -2.04. The first-order valence-electron chi connectivity index (χ1n) is 4.48. The number of nitrogens with two attached hydrogens (primary N) is 1. The average molecular weight is 292 g/mol. The number of halogens is 1. The Morgan fingerprint density at radius 1 is 1.12 bits per heavy atom. The molecule has 0 atom stereocenters. The van der Waals surface area contributed by atoms with Crippen LogP contribution in [0.15, 0.2) is 10.5 Å². The summed E-state index contributed by atoms with van der Waals surface area (Å²) in [6, 6.07) is 1.72. The highest BCUT2D eigenvalue weighted by Crippen LogP contribution is 2.43. The molecule has 0 aromatic heterocycles. The Hall–Kier alpha value is -0.980. The number of hydrogen-bond acceptors (Lipinski definition) is 5. The van der Waals surface area contributed by atoms with E-state index in [1.54, 1.807) is 27.4 Å². The van der Waals surface area contributed by atoms with Crippen LogP contribution in [0.2, 0.25) is 0 Å². The summed E-state index contributed by atoms with van der Waals surface area (Å²) in [5.41, 5.74) is 0.766. The molecule has 0 aliphatic heterocycles. The average Bonchev–Trinajstić information content (AvgIpc) is 2.31. The van der Waals surface area contributed by atoms with Crippen LogP contribution in [0.1, 0.15) is 5.56 Å². The molecule has 0 unspecified atom stereocenters. The molecule has 0 fully saturated rings. The van der Waals surface area contributed by atoms with Crippen LogP contribution in [0, 0.1) is 0 Å². The molecule has 1 aromatic carbocycles. The topological polar surface area (TPSA) is 62.9 Å². The summed E-state index contributed by atoms with van der Waals surface area (Å²) in [6.45, 7) is 0.212. The molecule has 0 saturated heterocycles. The van der Waals surface area contributed by atoms with Crippen molar-refractivity contribution in [3.8, 4) is 17.2 Å². The van der Waals surface area contributed by atoms with Crippen molar-refractivity contribution in [1.29, 1.82) is 0 Å². The minimum absolute atomic E-state index is 0.212. The highest BCUT2D eigenvalue weighted by atomic mass is 79.9. The maximum Gasteiger partial charge on any atom is 0.175 e. The van der Waals surface area contributed by atoms with Gasteiger partial charge in [0.25, 0.3) is 0 Å². The summed E-state index contributed by atoms with van der Waals surface area (Å²) < 4.78 is 16.3. The van der Waals surface area contributed by atoms with E-state index in [-0.39, 0.29) is 6.61 Å². The van der Waals surface area contributed by atoms with Gasteiger partial charge in [0.1, 0.15) is 5.75 Å². The van der Waals surface area contributed by atoms with Gasteiger partial charge in [-0.05, 0) is 15.9 Å². The van der Waals surface area contributed by atoms with Crippen LogP contribution < -0.4 is 20.1 Å². The third-order valence-corrected chi connectivity index (χ3v) is 2.96. The van der Waals surface area contributed by atoms with E-state index < -0.39 is 0 Å². The first-order valence-corrected chi connectivity index (χ1v) is 5.27. The molecule has 0 saturated carbocycles. The van der Waals surface area contributed by atoms with Gasteiger partial charge in [0.05, 0.1) is 32.4 Å². The second-order valence-electron chi connectivity index (χ2n) is 2.92. The lowest BCUT2D eigenvalue weighted by Gasteiger charge is -2.16. The molecule has 16 heavy (non-hydrogen) atoms. The van der Waals surface area contributed by atoms with Gasteiger partial charge in [-0.25, -0.2) is 5.90 Å². The molecule has 1 rings (SSSR count). The fourth-order valence-corrected chi connectivity index (χ4v) is 2.03. The molecule has 1 aromatic rings. The zero-order valence-electron chi connectivity index (χ0n) is 9.37. The highest BCUT2D eigenvalue weighted by molar-refractivity contribution is 9.10. The summed E-state index contributed by atoms with van der Waals surface area (Å²) in [5, 5.41) is 0. The van der Waals surface area contributed by atoms with E-state index in [0.29, 0.717) is 21.7 Å². The fraction of sp³-hybridized carbons (Fsp3) is 0.400. The normalized spacial score (nSPS) is 10.1. The molecule has 0 heterocycles. The van der Waals surface area contributed by atoms with Crippen molar-refractivity contribution in [1.82, 2.24) is 0 Å². The predicted molar refractivity (Wildman–Crippen MR) is 62.8 cm³/mol. The Kier molecular flexibility index (Phi) is 4.85. The minimum Gasteiger partial charge on any atom is -0.496 e. The Morgan fingerprint density at radius 2 is 1.75 bits per heavy atom. The number of benzene rings is 1. The van der Waals surface area contributed by atoms with Gasteiger partial charge in [0, 0.05) is 11.6 Å². The van der Waals surface area contributed by atoms with Crippen molar-refractivity contribution in [3.05, 3.63) is 16.1 Å². The molecule has 0 aliphatic rings. The van der Waals surface area contributed by atoms with Gasteiger partial charge < -0.3 is 14.2 Å². The molecular formula is C10H14BrNO4. The number of ether oxygens (including phenoxy) is 3. The minimum atomic E-state index is 0.212. The standard InChI is InChI=1S/C10H14BrNO4/c1-13-7-4-8(14-2)10(15-3)9(11)6(7)5-16-12/h4H,5,12H2,1-3H3. The van der Waals surface area contributed by atoms with Crippen LogP contribution in [0.3, 0.4) is 0 Å². The van der Waals surface area contributed by atoms with Gasteiger partial charge in [-0.2, -0.15) is 0 Å². The van der Waals surface area contributed by atoms with E-state index in [2.05, 4.69) is 20.8 Å². The number of rotatable bonds is 5. The van der Waals surface area contributed by atoms with Crippen LogP contribution in [0.25, 0.3) is 0 Å². The van der Waals surface area contributed by atoms with Crippen molar-refractivity contribution in [3.63, 3.8) is 0 Å². The third-order valence-electron chi connectivity index (χ3n) is 2.12. The second kappa shape index (κ2) is 5.93. The lowest BCUT2D eigenvalue weighted by atomic mass is 10.2. The first kappa shape index (κ1) is 13.1. The van der Waals surface area contributed by atoms with Gasteiger partial charge in [-0.3, -0.25) is 4.84 Å². The smallest absolute Gasteiger partial charge is 0.175 e. The van der Waals surface area contributed by atoms with E-state index in [1.165, 1.54) is 0 Å². The number of methoxy groups -OCH3 is 3. The number of hydrogen-bond donors (Lipinski definition) is 1. The van der Waals surface area contributed by atoms with Crippen LogP contribution in [-0.4, -0.2) is 21.3 Å². The maximum atomic E-state index is 5.23. The SMILES string of the molecule is COc1cc(OC)c(OC)c(Br)c1CON. The van der Waals surface area contributed by atoms with Crippen LogP contribution >= 0.6 is 15.9 Å². The highest BCUT2D eigenvalue weighted by Gasteiger charge is 2.18. The van der Waals surface area contributed by atoms with Crippen LogP contribution in [-0.2, 0) is 11.4 Å². The quantitative estimate of drug-likeness (QED) is 0.839. The Bertz CT molecular complexity index is 370. The van der Waals surface area contributed by atoms with Crippen molar-refractivity contribution in [2.24, 2.45) is 5.90 Å². The molecule has 5 nitrogen and oxygen atoms in total. The van der Waals surface area contributed by atoms with Gasteiger partial charge >= 0.3 is 0 Å². The van der Waals surface area contributed by atoms with Crippen LogP contribution in [0.4, 0.5) is 0 Å². The largest absolute Gasteiger partial charge is 0.496 e. The Balaban J connectivity index is 3.36. The molecule has 0 spiro atoms. The zero-order valence-corrected chi connectivity index (χ0v) is 11.0. The molecule has 6 heteroatoms. The maximum absolute atomic E-state index is 5.23. The van der Waals surface area contributed by atoms with Gasteiger partial charge in [0.15, 0.2) is 11.5 Å². The molecular weight excluding hydrogens is 278 g/mol. The first-order chi connectivity index (χ1) is 7.69. The van der Waals surface area contributed by atoms with Gasteiger partial charge in [-0.1, -0.05) is 0 Å². The fourth-order valence-electron chi connectivity index (χ4n) is 1.37. The van der Waals surface area contributed by atoms with Crippen molar-refractivity contribution < 1.29 is 19.0 Å². The van der Waals surface area contributed by atoms with Gasteiger partial charge in [0.2, 0.25) is 0 Å². The summed E-state index contributed by atoms with van der Waals surface area (Å²) in [4.78, 5) is 4.62. The zero-order chi connectivity index (χ0) is 12.1. The van der Waals surface area contributed by atoms with Crippen molar-refractivity contribution in [2.75, 3.05) is 21.3 Å². The van der Waals surface area contributed by atoms with E-state index >= 15 is 0 Å². The second-order valence-corrected chi connectivity index (χ2v) is 3.71. The van der Waals surface area contributed by atoms with E-state index in [1.807, 2.05) is 0 Å². The predicted octanol–water partition coefficient (Wildman–Crippen LogP) is 1.87. The summed E-state index contributed by atoms with van der Waals surface area (Å²) in [6.07, 6.45) is 0. The Morgan fingerprint density at radius 3 is 2.19 bits per heavy atom. The summed E-state index contributed by atoms with van der Waals surface area (Å²) in [5.74, 6) is 6.84. The van der Waals surface area contributed by atoms with E-state index in [9.17, 15) is 0 Å². The molecule has 0 bridgehead atoms. The summed E-state index contributed by atoms with van der Waals surface area (Å²) in [7, 11) is 4.68. The Labute approximate surface area is 103 Å². The molecule has 2 N–H and O–H groups in total. The molecule has 90 valence electrons. The molecule has 0 amide bonds. The van der Waals surface area contributed by atoms with Crippen molar-refractivity contribution in [2.45, 2.75) is 6.61 Å². The third kappa shape index (κ3) is 2.40. The monoisotopic (exact) mass is 291 g/mol. The summed E-state index contributed by atoms with van der Waals surface area (Å²) >= 11 is 3.41. The lowest BCUT2D eigenvalue weighted by molar-refractivity contribution is 0.121. The van der Waals surface area contributed by atoms with E-state index in [4.69, 9.17) is 20.1 Å². The van der Waals surface area contributed by atoms with Crippen LogP contribution in [0.5, 0.6) is 17.2 Å². The molecule has 0 aliphatic carbocycles. The van der Waals surface area contributed by atoms with E-state index in [0.717, 1.165) is 5.56 Å².